The van der Waals surface area contributed by atoms with Crippen molar-refractivity contribution in [2.75, 3.05) is 0 Å². The largest absolute Gasteiger partial charge is 0.390 e. The smallest absolute Gasteiger partial charge is 0.251 e. The van der Waals surface area contributed by atoms with Crippen molar-refractivity contribution < 1.29 is 14.7 Å². The predicted octanol–water partition coefficient (Wildman–Crippen LogP) is 4.24. The molecule has 1 aromatic carbocycles. The third kappa shape index (κ3) is 5.17. The van der Waals surface area contributed by atoms with E-state index in [2.05, 4.69) is 29.5 Å². The zero-order chi connectivity index (χ0) is 24.4. The van der Waals surface area contributed by atoms with Gasteiger partial charge in [0.15, 0.2) is 0 Å². The number of hydrogen-bond donors (Lipinski definition) is 3. The summed E-state index contributed by atoms with van der Waals surface area (Å²) in [6.07, 6.45) is 7.56. The number of hydrogen-bond acceptors (Lipinski definition) is 4. The SMILES string of the molecule is CC1(O)CCC2(CCC(=O)NCc3cccnc3)C(NC(=O)c3ccccc3)CC(C)(C)C2C1. The highest BCUT2D eigenvalue weighted by Gasteiger charge is 2.61. The van der Waals surface area contributed by atoms with E-state index in [1.807, 2.05) is 49.4 Å². The maximum Gasteiger partial charge on any atom is 0.251 e. The van der Waals surface area contributed by atoms with E-state index < -0.39 is 5.60 Å². The molecule has 1 heterocycles. The van der Waals surface area contributed by atoms with Crippen LogP contribution < -0.4 is 10.6 Å². The van der Waals surface area contributed by atoms with Crippen LogP contribution in [0.1, 0.15) is 75.2 Å². The molecule has 2 fully saturated rings. The first-order valence-corrected chi connectivity index (χ1v) is 12.4. The van der Waals surface area contributed by atoms with E-state index >= 15 is 0 Å². The van der Waals surface area contributed by atoms with Crippen molar-refractivity contribution in [3.63, 3.8) is 0 Å². The summed E-state index contributed by atoms with van der Waals surface area (Å²) in [6.45, 7) is 6.86. The van der Waals surface area contributed by atoms with Crippen molar-refractivity contribution in [2.45, 2.75) is 77.5 Å². The number of benzene rings is 1. The van der Waals surface area contributed by atoms with E-state index in [0.717, 1.165) is 18.4 Å². The van der Waals surface area contributed by atoms with Crippen LogP contribution in [-0.4, -0.2) is 33.5 Å². The molecule has 0 saturated heterocycles. The molecule has 2 aromatic rings. The Labute approximate surface area is 202 Å². The monoisotopic (exact) mass is 463 g/mol. The summed E-state index contributed by atoms with van der Waals surface area (Å²) < 4.78 is 0. The van der Waals surface area contributed by atoms with E-state index in [9.17, 15) is 14.7 Å². The van der Waals surface area contributed by atoms with Gasteiger partial charge in [0, 0.05) is 37.0 Å². The predicted molar refractivity (Wildman–Crippen MR) is 132 cm³/mol. The van der Waals surface area contributed by atoms with Gasteiger partial charge in [-0.2, -0.15) is 0 Å². The van der Waals surface area contributed by atoms with Crippen LogP contribution in [0.4, 0.5) is 0 Å². The fraction of sp³-hybridized carbons (Fsp3) is 0.536. The fourth-order valence-corrected chi connectivity index (χ4v) is 6.40. The lowest BCUT2D eigenvalue weighted by molar-refractivity contribution is -0.123. The first kappa shape index (κ1) is 24.4. The lowest BCUT2D eigenvalue weighted by atomic mass is 9.57. The van der Waals surface area contributed by atoms with Crippen molar-refractivity contribution in [1.82, 2.24) is 15.6 Å². The lowest BCUT2D eigenvalue weighted by Gasteiger charge is -2.50. The van der Waals surface area contributed by atoms with E-state index in [-0.39, 0.29) is 34.6 Å². The van der Waals surface area contributed by atoms with Gasteiger partial charge >= 0.3 is 0 Å². The third-order valence-corrected chi connectivity index (χ3v) is 8.21. The summed E-state index contributed by atoms with van der Waals surface area (Å²) in [6, 6.07) is 13.1. The molecule has 6 nitrogen and oxygen atoms in total. The second-order valence-corrected chi connectivity index (χ2v) is 11.2. The van der Waals surface area contributed by atoms with E-state index in [1.54, 1.807) is 12.4 Å². The Morgan fingerprint density at radius 2 is 1.82 bits per heavy atom. The van der Waals surface area contributed by atoms with Gasteiger partial charge in [-0.15, -0.1) is 0 Å². The standard InChI is InChI=1S/C28H37N3O3/c1-26(2)17-23(31-25(33)21-9-5-4-6-10-21)28(14-13-27(3,34)16-22(26)28)12-11-24(32)30-19-20-8-7-15-29-18-20/h4-10,15,18,22-23,34H,11-14,16-17,19H2,1-3H3,(H,30,32)(H,31,33). The molecule has 6 heteroatoms. The van der Waals surface area contributed by atoms with Crippen molar-refractivity contribution in [1.29, 1.82) is 0 Å². The number of nitrogens with zero attached hydrogens (tertiary/aromatic N) is 1. The van der Waals surface area contributed by atoms with Crippen molar-refractivity contribution in [3.8, 4) is 0 Å². The third-order valence-electron chi connectivity index (χ3n) is 8.21. The molecule has 0 bridgehead atoms. The Hall–Kier alpha value is -2.73. The Morgan fingerprint density at radius 1 is 1.06 bits per heavy atom. The topological polar surface area (TPSA) is 91.3 Å². The van der Waals surface area contributed by atoms with Crippen LogP contribution in [0.25, 0.3) is 0 Å². The minimum absolute atomic E-state index is 0.00662. The average Bonchev–Trinajstić information content (AvgIpc) is 3.03. The first-order chi connectivity index (χ1) is 16.1. The molecule has 3 N–H and O–H groups in total. The van der Waals surface area contributed by atoms with Crippen molar-refractivity contribution in [2.24, 2.45) is 16.7 Å². The molecule has 2 aliphatic carbocycles. The second-order valence-electron chi connectivity index (χ2n) is 11.2. The highest BCUT2D eigenvalue weighted by atomic mass is 16.3. The van der Waals surface area contributed by atoms with Crippen molar-refractivity contribution >= 4 is 11.8 Å². The number of fused-ring (bicyclic) bond motifs is 1. The lowest BCUT2D eigenvalue weighted by Crippen LogP contribution is -2.52. The minimum Gasteiger partial charge on any atom is -0.390 e. The van der Waals surface area contributed by atoms with E-state index in [1.165, 1.54) is 0 Å². The van der Waals surface area contributed by atoms with Gasteiger partial charge in [-0.3, -0.25) is 14.6 Å². The van der Waals surface area contributed by atoms with Crippen LogP contribution in [0.5, 0.6) is 0 Å². The highest BCUT2D eigenvalue weighted by Crippen LogP contribution is 2.63. The quantitative estimate of drug-likeness (QED) is 0.573. The summed E-state index contributed by atoms with van der Waals surface area (Å²) in [7, 11) is 0. The van der Waals surface area contributed by atoms with Gasteiger partial charge in [-0.1, -0.05) is 38.1 Å². The van der Waals surface area contributed by atoms with Gasteiger partial charge in [0.1, 0.15) is 0 Å². The maximum absolute atomic E-state index is 13.1. The molecule has 4 rings (SSSR count). The van der Waals surface area contributed by atoms with Crippen LogP contribution in [-0.2, 0) is 11.3 Å². The Balaban J connectivity index is 1.52. The van der Waals surface area contributed by atoms with Gasteiger partial charge < -0.3 is 15.7 Å². The molecule has 2 amide bonds. The average molecular weight is 464 g/mol. The molecule has 34 heavy (non-hydrogen) atoms. The van der Waals surface area contributed by atoms with E-state index in [4.69, 9.17) is 0 Å². The summed E-state index contributed by atoms with van der Waals surface area (Å²) in [5.41, 5.74) is 0.630. The Kier molecular flexibility index (Phi) is 6.81. The fourth-order valence-electron chi connectivity index (χ4n) is 6.40. The Morgan fingerprint density at radius 3 is 2.53 bits per heavy atom. The number of carbonyl (C=O) groups excluding carboxylic acids is 2. The van der Waals surface area contributed by atoms with Gasteiger partial charge in [-0.05, 0) is 79.5 Å². The molecule has 1 aromatic heterocycles. The number of amides is 2. The van der Waals surface area contributed by atoms with Crippen LogP contribution in [0.2, 0.25) is 0 Å². The number of nitrogens with one attached hydrogen (secondary N) is 2. The van der Waals surface area contributed by atoms with Gasteiger partial charge in [-0.25, -0.2) is 0 Å². The molecular weight excluding hydrogens is 426 g/mol. The highest BCUT2D eigenvalue weighted by molar-refractivity contribution is 5.94. The maximum atomic E-state index is 13.1. The Bertz CT molecular complexity index is 1010. The molecule has 4 unspecified atom stereocenters. The van der Waals surface area contributed by atoms with Crippen LogP contribution >= 0.6 is 0 Å². The summed E-state index contributed by atoms with van der Waals surface area (Å²) in [4.78, 5) is 30.0. The number of aliphatic hydroxyl groups is 1. The zero-order valence-electron chi connectivity index (χ0n) is 20.5. The molecule has 2 aliphatic rings. The van der Waals surface area contributed by atoms with Gasteiger partial charge in [0.2, 0.25) is 5.91 Å². The molecular formula is C28H37N3O3. The summed E-state index contributed by atoms with van der Waals surface area (Å²) in [5, 5.41) is 17.3. The number of carbonyl (C=O) groups is 2. The molecule has 0 spiro atoms. The van der Waals surface area contributed by atoms with Crippen LogP contribution in [0, 0.1) is 16.7 Å². The normalized spacial score (nSPS) is 29.8. The number of aromatic nitrogens is 1. The first-order valence-electron chi connectivity index (χ1n) is 12.4. The van der Waals surface area contributed by atoms with Crippen LogP contribution in [0.3, 0.4) is 0 Å². The zero-order valence-corrected chi connectivity index (χ0v) is 20.5. The molecule has 0 aliphatic heterocycles. The van der Waals surface area contributed by atoms with E-state index in [0.29, 0.717) is 37.8 Å². The van der Waals surface area contributed by atoms with Crippen molar-refractivity contribution in [3.05, 3.63) is 66.0 Å². The second kappa shape index (κ2) is 9.49. The molecule has 182 valence electrons. The number of rotatable bonds is 7. The summed E-state index contributed by atoms with van der Waals surface area (Å²) in [5.74, 6) is 0.155. The summed E-state index contributed by atoms with van der Waals surface area (Å²) >= 11 is 0. The van der Waals surface area contributed by atoms with Gasteiger partial charge in [0.05, 0.1) is 5.60 Å². The minimum atomic E-state index is -0.716. The molecule has 4 atom stereocenters. The van der Waals surface area contributed by atoms with Gasteiger partial charge in [0.25, 0.3) is 5.91 Å². The molecule has 2 saturated carbocycles. The molecule has 0 radical (unpaired) electrons. The van der Waals surface area contributed by atoms with Crippen LogP contribution in [0.15, 0.2) is 54.9 Å². The number of pyridine rings is 1.